The van der Waals surface area contributed by atoms with Gasteiger partial charge in [0.2, 0.25) is 11.7 Å². The van der Waals surface area contributed by atoms with Crippen molar-refractivity contribution in [1.82, 2.24) is 15.0 Å². The molecular formula is C34H38N4O8. The number of aliphatic carboxylic acids is 2. The van der Waals surface area contributed by atoms with Gasteiger partial charge in [-0.15, -0.1) is 0 Å². The van der Waals surface area contributed by atoms with Gasteiger partial charge in [0, 0.05) is 36.7 Å². The Morgan fingerprint density at radius 1 is 0.978 bits per heavy atom. The van der Waals surface area contributed by atoms with Crippen LogP contribution in [0, 0.1) is 13.8 Å². The van der Waals surface area contributed by atoms with Crippen molar-refractivity contribution in [3.63, 3.8) is 0 Å². The predicted octanol–water partition coefficient (Wildman–Crippen LogP) is 5.11. The van der Waals surface area contributed by atoms with E-state index in [0.29, 0.717) is 35.4 Å². The quantitative estimate of drug-likeness (QED) is 0.250. The van der Waals surface area contributed by atoms with Crippen LogP contribution in [-0.2, 0) is 16.0 Å². The lowest BCUT2D eigenvalue weighted by molar-refractivity contribution is -0.159. The van der Waals surface area contributed by atoms with Crippen LogP contribution in [0.4, 0.5) is 5.69 Å². The van der Waals surface area contributed by atoms with Gasteiger partial charge in [-0.1, -0.05) is 29.4 Å². The molecule has 3 aromatic carbocycles. The number of carboxylic acids is 2. The zero-order chi connectivity index (χ0) is 33.5. The van der Waals surface area contributed by atoms with Gasteiger partial charge in [-0.2, -0.15) is 4.98 Å². The topological polar surface area (TPSA) is 156 Å². The van der Waals surface area contributed by atoms with Crippen LogP contribution in [0.1, 0.15) is 40.7 Å². The molecule has 12 nitrogen and oxygen atoms in total. The second kappa shape index (κ2) is 14.7. The van der Waals surface area contributed by atoms with E-state index >= 15 is 0 Å². The molecule has 0 saturated heterocycles. The number of aryl methyl sites for hydroxylation is 3. The van der Waals surface area contributed by atoms with Crippen molar-refractivity contribution in [2.45, 2.75) is 39.7 Å². The Kier molecular flexibility index (Phi) is 10.8. The molecule has 46 heavy (non-hydrogen) atoms. The van der Waals surface area contributed by atoms with Crippen molar-refractivity contribution in [3.05, 3.63) is 77.2 Å². The zero-order valence-electron chi connectivity index (χ0n) is 26.7. The third kappa shape index (κ3) is 7.88. The molecule has 242 valence electrons. The lowest BCUT2D eigenvalue weighted by Gasteiger charge is -2.36. The summed E-state index contributed by atoms with van der Waals surface area (Å²) in [6.45, 7) is 7.25. The van der Waals surface area contributed by atoms with Gasteiger partial charge in [0.25, 0.3) is 5.91 Å². The maximum Gasteiger partial charge on any atom is 0.414 e. The molecule has 0 fully saturated rings. The van der Waals surface area contributed by atoms with Crippen molar-refractivity contribution < 1.29 is 38.6 Å². The number of nitrogens with zero attached hydrogens (tertiary/aromatic N) is 4. The largest absolute Gasteiger partial charge is 0.493 e. The van der Waals surface area contributed by atoms with E-state index in [1.165, 1.54) is 0 Å². The van der Waals surface area contributed by atoms with E-state index in [4.69, 9.17) is 33.8 Å². The van der Waals surface area contributed by atoms with Crippen LogP contribution in [0.3, 0.4) is 0 Å². The highest BCUT2D eigenvalue weighted by Gasteiger charge is 2.31. The first-order chi connectivity index (χ1) is 21.9. The monoisotopic (exact) mass is 630 g/mol. The number of methoxy groups -OCH3 is 1. The molecule has 0 aliphatic carbocycles. The van der Waals surface area contributed by atoms with Crippen molar-refractivity contribution in [2.24, 2.45) is 0 Å². The Bertz CT molecular complexity index is 1700. The van der Waals surface area contributed by atoms with Crippen LogP contribution in [0.2, 0.25) is 0 Å². The molecule has 1 atom stereocenters. The molecule has 0 spiro atoms. The van der Waals surface area contributed by atoms with Gasteiger partial charge >= 0.3 is 11.9 Å². The van der Waals surface area contributed by atoms with Crippen molar-refractivity contribution in [2.75, 3.05) is 39.3 Å². The van der Waals surface area contributed by atoms with Gasteiger partial charge < -0.3 is 34.0 Å². The average Bonchev–Trinajstić information content (AvgIpc) is 3.46. The minimum absolute atomic E-state index is 0.0241. The minimum atomic E-state index is -1.82. The summed E-state index contributed by atoms with van der Waals surface area (Å²) in [7, 11) is 5.67. The SMILES string of the molecule is COc1cc2c(cc1OCCN(C)C)N(C(=O)c1ccc(-c3ccc(-c4noc(C)n4)cc3C)cc1)C(C)CC2.O=C(O)C(=O)O. The summed E-state index contributed by atoms with van der Waals surface area (Å²) < 4.78 is 16.8. The lowest BCUT2D eigenvalue weighted by Crippen LogP contribution is -2.42. The lowest BCUT2D eigenvalue weighted by atomic mass is 9.94. The summed E-state index contributed by atoms with van der Waals surface area (Å²) in [4.78, 5) is 40.4. The van der Waals surface area contributed by atoms with Gasteiger partial charge in [-0.3, -0.25) is 4.79 Å². The zero-order valence-corrected chi connectivity index (χ0v) is 26.7. The molecule has 0 bridgehead atoms. The molecule has 4 aromatic rings. The Labute approximate surface area is 267 Å². The molecule has 5 rings (SSSR count). The van der Waals surface area contributed by atoms with Crippen LogP contribution in [0.5, 0.6) is 11.5 Å². The normalized spacial score (nSPS) is 13.8. The average molecular weight is 631 g/mol. The number of carbonyl (C=O) groups is 3. The van der Waals surface area contributed by atoms with Crippen LogP contribution < -0.4 is 14.4 Å². The maximum absolute atomic E-state index is 13.9. The van der Waals surface area contributed by atoms with E-state index in [2.05, 4.69) is 41.0 Å². The van der Waals surface area contributed by atoms with E-state index in [9.17, 15) is 4.79 Å². The standard InChI is InChI=1S/C32H36N4O4.C2H2O4/c1-20-17-26(31-33-22(3)40-34-31)13-14-27(20)23-9-11-24(12-10-23)32(37)36-21(2)7-8-25-18-29(38-6)30(19-28(25)36)39-16-15-35(4)5;3-1(4)2(5)6/h9-14,17-19,21H,7-8,15-16H2,1-6H3;(H,3,4)(H,5,6). The number of carbonyl (C=O) groups excluding carboxylic acids is 1. The number of benzene rings is 3. The molecule has 1 aliphatic rings. The Balaban J connectivity index is 0.000000731. The van der Waals surface area contributed by atoms with Crippen molar-refractivity contribution in [1.29, 1.82) is 0 Å². The maximum atomic E-state index is 13.9. The van der Waals surface area contributed by atoms with Crippen LogP contribution >= 0.6 is 0 Å². The first-order valence-corrected chi connectivity index (χ1v) is 14.7. The van der Waals surface area contributed by atoms with Gasteiger partial charge in [0.05, 0.1) is 12.8 Å². The van der Waals surface area contributed by atoms with E-state index in [-0.39, 0.29) is 11.9 Å². The third-order valence-corrected chi connectivity index (χ3v) is 7.55. The number of ether oxygens (including phenoxy) is 2. The molecule has 12 heteroatoms. The first kappa shape index (κ1) is 33.7. The number of likely N-dealkylation sites (N-methyl/N-ethyl adjacent to an activating group) is 1. The minimum Gasteiger partial charge on any atom is -0.493 e. The van der Waals surface area contributed by atoms with Crippen molar-refractivity contribution >= 4 is 23.5 Å². The van der Waals surface area contributed by atoms with Gasteiger partial charge in [-0.05, 0) is 87.3 Å². The summed E-state index contributed by atoms with van der Waals surface area (Å²) in [5, 5.41) is 18.8. The van der Waals surface area contributed by atoms with E-state index in [1.807, 2.05) is 61.5 Å². The number of anilines is 1. The summed E-state index contributed by atoms with van der Waals surface area (Å²) >= 11 is 0. The fraction of sp³-hybridized carbons (Fsp3) is 0.324. The van der Waals surface area contributed by atoms with Gasteiger partial charge in [-0.25, -0.2) is 9.59 Å². The summed E-state index contributed by atoms with van der Waals surface area (Å²) in [5.74, 6) is -1.21. The first-order valence-electron chi connectivity index (χ1n) is 14.7. The predicted molar refractivity (Wildman–Crippen MR) is 172 cm³/mol. The highest BCUT2D eigenvalue weighted by atomic mass is 16.5. The molecule has 1 aliphatic heterocycles. The molecular weight excluding hydrogens is 592 g/mol. The molecule has 0 saturated carbocycles. The fourth-order valence-electron chi connectivity index (χ4n) is 5.14. The summed E-state index contributed by atoms with van der Waals surface area (Å²) in [6.07, 6.45) is 1.76. The number of amides is 1. The second-order valence-corrected chi connectivity index (χ2v) is 11.2. The number of rotatable bonds is 8. The highest BCUT2D eigenvalue weighted by Crippen LogP contribution is 2.40. The van der Waals surface area contributed by atoms with Crippen LogP contribution in [-0.4, -0.2) is 83.5 Å². The number of aromatic nitrogens is 2. The van der Waals surface area contributed by atoms with E-state index in [0.717, 1.165) is 52.9 Å². The highest BCUT2D eigenvalue weighted by molar-refractivity contribution is 6.27. The molecule has 0 radical (unpaired) electrons. The van der Waals surface area contributed by atoms with E-state index < -0.39 is 11.9 Å². The number of hydrogen-bond donors (Lipinski definition) is 2. The Morgan fingerprint density at radius 2 is 1.65 bits per heavy atom. The Hall–Kier alpha value is -5.23. The smallest absolute Gasteiger partial charge is 0.414 e. The number of fused-ring (bicyclic) bond motifs is 1. The third-order valence-electron chi connectivity index (χ3n) is 7.55. The molecule has 1 unspecified atom stereocenters. The van der Waals surface area contributed by atoms with Crippen molar-refractivity contribution in [3.8, 4) is 34.0 Å². The number of carboxylic acid groups (broad SMARTS) is 2. The Morgan fingerprint density at radius 3 is 2.22 bits per heavy atom. The number of hydrogen-bond acceptors (Lipinski definition) is 9. The fourth-order valence-corrected chi connectivity index (χ4v) is 5.14. The molecule has 2 heterocycles. The summed E-state index contributed by atoms with van der Waals surface area (Å²) in [6, 6.07) is 18.0. The molecule has 2 N–H and O–H groups in total. The van der Waals surface area contributed by atoms with Crippen LogP contribution in [0.15, 0.2) is 59.1 Å². The summed E-state index contributed by atoms with van der Waals surface area (Å²) in [5.41, 5.74) is 6.75. The van der Waals surface area contributed by atoms with Gasteiger partial charge in [0.15, 0.2) is 11.5 Å². The van der Waals surface area contributed by atoms with E-state index in [1.54, 1.807) is 14.0 Å². The molecule has 1 amide bonds. The second-order valence-electron chi connectivity index (χ2n) is 11.2. The molecule has 1 aromatic heterocycles. The van der Waals surface area contributed by atoms with Crippen LogP contribution in [0.25, 0.3) is 22.5 Å². The van der Waals surface area contributed by atoms with Gasteiger partial charge in [0.1, 0.15) is 6.61 Å².